The second-order valence-electron chi connectivity index (χ2n) is 4.77. The van der Waals surface area contributed by atoms with Crippen LogP contribution in [0.25, 0.3) is 0 Å². The van der Waals surface area contributed by atoms with Crippen LogP contribution >= 0.6 is 11.3 Å². The molecule has 0 saturated carbocycles. The van der Waals surface area contributed by atoms with E-state index < -0.39 is 5.97 Å². The molecule has 1 atom stereocenters. The van der Waals surface area contributed by atoms with E-state index in [1.54, 1.807) is 6.07 Å². The molecule has 0 amide bonds. The fourth-order valence-electron chi connectivity index (χ4n) is 2.56. The van der Waals surface area contributed by atoms with E-state index in [-0.39, 0.29) is 5.76 Å². The first kappa shape index (κ1) is 12.4. The van der Waals surface area contributed by atoms with Crippen molar-refractivity contribution in [3.63, 3.8) is 0 Å². The Morgan fingerprint density at radius 1 is 1.53 bits per heavy atom. The molecule has 3 rings (SSSR count). The first-order valence-electron chi connectivity index (χ1n) is 6.27. The van der Waals surface area contributed by atoms with E-state index in [4.69, 9.17) is 9.52 Å². The zero-order valence-electron chi connectivity index (χ0n) is 10.6. The quantitative estimate of drug-likeness (QED) is 0.936. The Labute approximate surface area is 115 Å². The van der Waals surface area contributed by atoms with E-state index in [9.17, 15) is 4.79 Å². The third-order valence-corrected chi connectivity index (χ3v) is 4.63. The van der Waals surface area contributed by atoms with Crippen molar-refractivity contribution in [3.05, 3.63) is 45.5 Å². The predicted octanol–water partition coefficient (Wildman–Crippen LogP) is 3.16. The van der Waals surface area contributed by atoms with Gasteiger partial charge in [-0.1, -0.05) is 0 Å². The summed E-state index contributed by atoms with van der Waals surface area (Å²) < 4.78 is 5.33. The number of thiophene rings is 1. The van der Waals surface area contributed by atoms with Crippen LogP contribution in [0.5, 0.6) is 0 Å². The summed E-state index contributed by atoms with van der Waals surface area (Å²) in [6.07, 6.45) is 1.06. The van der Waals surface area contributed by atoms with Crippen molar-refractivity contribution < 1.29 is 14.3 Å². The minimum absolute atomic E-state index is 0.0101. The molecule has 19 heavy (non-hydrogen) atoms. The minimum Gasteiger partial charge on any atom is -0.475 e. The summed E-state index contributed by atoms with van der Waals surface area (Å²) in [6.45, 7) is 3.83. The highest BCUT2D eigenvalue weighted by atomic mass is 32.1. The summed E-state index contributed by atoms with van der Waals surface area (Å²) in [5.41, 5.74) is 1.39. The summed E-state index contributed by atoms with van der Waals surface area (Å²) in [7, 11) is 0. The number of hydrogen-bond donors (Lipinski definition) is 1. The number of carbonyl (C=O) groups is 1. The molecule has 0 saturated heterocycles. The van der Waals surface area contributed by atoms with E-state index >= 15 is 0 Å². The Hall–Kier alpha value is -1.59. The molecule has 1 aliphatic rings. The Kier molecular flexibility index (Phi) is 3.16. The highest BCUT2D eigenvalue weighted by Crippen LogP contribution is 2.33. The SMILES string of the molecule is CC1c2ccsc2CCN1Cc1ccc(C(=O)O)o1. The van der Waals surface area contributed by atoms with Gasteiger partial charge >= 0.3 is 5.97 Å². The molecule has 0 radical (unpaired) electrons. The predicted molar refractivity (Wildman–Crippen MR) is 72.5 cm³/mol. The summed E-state index contributed by atoms with van der Waals surface area (Å²) >= 11 is 1.82. The zero-order chi connectivity index (χ0) is 13.4. The van der Waals surface area contributed by atoms with E-state index in [0.717, 1.165) is 13.0 Å². The Morgan fingerprint density at radius 2 is 2.37 bits per heavy atom. The largest absolute Gasteiger partial charge is 0.475 e. The first-order valence-corrected chi connectivity index (χ1v) is 7.15. The lowest BCUT2D eigenvalue weighted by molar-refractivity contribution is 0.0657. The van der Waals surface area contributed by atoms with Crippen molar-refractivity contribution in [2.45, 2.75) is 25.9 Å². The summed E-state index contributed by atoms with van der Waals surface area (Å²) in [5, 5.41) is 11.0. The summed E-state index contributed by atoms with van der Waals surface area (Å²) in [6, 6.07) is 5.80. The molecule has 2 aromatic rings. The average molecular weight is 277 g/mol. The Morgan fingerprint density at radius 3 is 3.11 bits per heavy atom. The molecule has 2 aromatic heterocycles. The number of nitrogens with zero attached hydrogens (tertiary/aromatic N) is 1. The van der Waals surface area contributed by atoms with Crippen LogP contribution in [0.15, 0.2) is 28.0 Å². The van der Waals surface area contributed by atoms with Crippen LogP contribution in [0, 0.1) is 0 Å². The van der Waals surface area contributed by atoms with Crippen molar-refractivity contribution >= 4 is 17.3 Å². The van der Waals surface area contributed by atoms with Gasteiger partial charge in [0.05, 0.1) is 6.54 Å². The van der Waals surface area contributed by atoms with Crippen LogP contribution in [0.3, 0.4) is 0 Å². The fourth-order valence-corrected chi connectivity index (χ4v) is 3.52. The standard InChI is InChI=1S/C14H15NO3S/c1-9-11-5-7-19-13(11)4-6-15(9)8-10-2-3-12(18-10)14(16)17/h2-3,5,7,9H,4,6,8H2,1H3,(H,16,17). The highest BCUT2D eigenvalue weighted by molar-refractivity contribution is 7.10. The number of aromatic carboxylic acids is 1. The van der Waals surface area contributed by atoms with Crippen LogP contribution in [-0.4, -0.2) is 22.5 Å². The van der Waals surface area contributed by atoms with E-state index in [2.05, 4.69) is 23.3 Å². The molecular formula is C14H15NO3S. The van der Waals surface area contributed by atoms with Gasteiger partial charge in [0.1, 0.15) is 5.76 Å². The van der Waals surface area contributed by atoms with Gasteiger partial charge < -0.3 is 9.52 Å². The van der Waals surface area contributed by atoms with Crippen LogP contribution in [-0.2, 0) is 13.0 Å². The minimum atomic E-state index is -1.02. The van der Waals surface area contributed by atoms with Gasteiger partial charge in [0.25, 0.3) is 0 Å². The van der Waals surface area contributed by atoms with Gasteiger partial charge in [-0.15, -0.1) is 11.3 Å². The second-order valence-corrected chi connectivity index (χ2v) is 5.77. The van der Waals surface area contributed by atoms with Gasteiger partial charge in [0.2, 0.25) is 5.76 Å². The van der Waals surface area contributed by atoms with E-state index in [0.29, 0.717) is 18.3 Å². The molecule has 100 valence electrons. The topological polar surface area (TPSA) is 53.7 Å². The molecule has 0 fully saturated rings. The number of hydrogen-bond acceptors (Lipinski definition) is 4. The van der Waals surface area contributed by atoms with Crippen LogP contribution in [0.4, 0.5) is 0 Å². The lowest BCUT2D eigenvalue weighted by Crippen LogP contribution is -2.32. The molecule has 0 bridgehead atoms. The summed E-state index contributed by atoms with van der Waals surface area (Å²) in [4.78, 5) is 14.6. The maximum absolute atomic E-state index is 10.8. The van der Waals surface area contributed by atoms with Crippen molar-refractivity contribution in [1.82, 2.24) is 4.90 Å². The number of furan rings is 1. The first-order chi connectivity index (χ1) is 9.15. The number of fused-ring (bicyclic) bond motifs is 1. The van der Waals surface area contributed by atoms with Crippen molar-refractivity contribution in [2.24, 2.45) is 0 Å². The Bertz CT molecular complexity index is 601. The lowest BCUT2D eigenvalue weighted by Gasteiger charge is -2.32. The molecule has 4 nitrogen and oxygen atoms in total. The van der Waals surface area contributed by atoms with Crippen molar-refractivity contribution in [2.75, 3.05) is 6.54 Å². The molecule has 5 heteroatoms. The van der Waals surface area contributed by atoms with Gasteiger partial charge in [-0.05, 0) is 42.5 Å². The second kappa shape index (κ2) is 4.83. The van der Waals surface area contributed by atoms with Gasteiger partial charge in [0.15, 0.2) is 0 Å². The van der Waals surface area contributed by atoms with Crippen LogP contribution in [0.1, 0.15) is 39.7 Å². The maximum Gasteiger partial charge on any atom is 0.371 e. The molecule has 1 N–H and O–H groups in total. The molecule has 3 heterocycles. The van der Waals surface area contributed by atoms with Gasteiger partial charge in [-0.25, -0.2) is 4.79 Å². The third-order valence-electron chi connectivity index (χ3n) is 3.64. The van der Waals surface area contributed by atoms with Gasteiger partial charge in [-0.3, -0.25) is 4.90 Å². The van der Waals surface area contributed by atoms with Crippen molar-refractivity contribution in [1.29, 1.82) is 0 Å². The molecule has 1 unspecified atom stereocenters. The molecule has 1 aliphatic heterocycles. The lowest BCUT2D eigenvalue weighted by atomic mass is 10.0. The fraction of sp³-hybridized carbons (Fsp3) is 0.357. The highest BCUT2D eigenvalue weighted by Gasteiger charge is 2.25. The average Bonchev–Trinajstić information content (AvgIpc) is 3.01. The van der Waals surface area contributed by atoms with Gasteiger partial charge in [-0.2, -0.15) is 0 Å². The van der Waals surface area contributed by atoms with E-state index in [1.165, 1.54) is 16.5 Å². The normalized spacial score (nSPS) is 19.3. The molecule has 0 spiro atoms. The van der Waals surface area contributed by atoms with E-state index in [1.807, 2.05) is 11.3 Å². The molecule has 0 aliphatic carbocycles. The maximum atomic E-state index is 10.8. The van der Waals surface area contributed by atoms with Gasteiger partial charge in [0, 0.05) is 17.5 Å². The van der Waals surface area contributed by atoms with Crippen LogP contribution in [0.2, 0.25) is 0 Å². The number of rotatable bonds is 3. The zero-order valence-corrected chi connectivity index (χ0v) is 11.4. The van der Waals surface area contributed by atoms with Crippen molar-refractivity contribution in [3.8, 4) is 0 Å². The Balaban J connectivity index is 1.75. The third kappa shape index (κ3) is 2.31. The number of carboxylic acid groups (broad SMARTS) is 1. The number of carboxylic acids is 1. The molecular weight excluding hydrogens is 262 g/mol. The van der Waals surface area contributed by atoms with Crippen LogP contribution < -0.4 is 0 Å². The summed E-state index contributed by atoms with van der Waals surface area (Å²) in [5.74, 6) is -0.295. The monoisotopic (exact) mass is 277 g/mol. The smallest absolute Gasteiger partial charge is 0.371 e. The molecule has 0 aromatic carbocycles.